The molecule has 0 saturated carbocycles. The number of hydrogen-bond donors (Lipinski definition) is 1. The van der Waals surface area contributed by atoms with Crippen molar-refractivity contribution in [2.45, 2.75) is 0 Å². The molecule has 0 bridgehead atoms. The largest absolute Gasteiger partial charge is 0.411 e. The monoisotopic (exact) mass is 111 g/mol. The summed E-state index contributed by atoms with van der Waals surface area (Å²) in [4.78, 5) is 7.49. The fourth-order valence-corrected chi connectivity index (χ4v) is 0.431. The molecule has 4 nitrogen and oxygen atoms in total. The third kappa shape index (κ3) is 0.900. The molecule has 42 valence electrons. The second-order valence-corrected chi connectivity index (χ2v) is 1.32. The highest BCUT2D eigenvalue weighted by atomic mass is 16.4. The van der Waals surface area contributed by atoms with Crippen molar-refractivity contribution in [2.75, 3.05) is 6.54 Å². The van der Waals surface area contributed by atoms with Crippen molar-refractivity contribution in [1.29, 1.82) is 0 Å². The highest BCUT2D eigenvalue weighted by molar-refractivity contribution is 6.34. The highest BCUT2D eigenvalue weighted by Crippen LogP contribution is 1.83. The molecule has 8 heavy (non-hydrogen) atoms. The molecule has 0 spiro atoms. The molecule has 1 aliphatic rings. The minimum absolute atomic E-state index is 0.532. The lowest BCUT2D eigenvalue weighted by atomic mass is 10.4. The molecule has 0 saturated heterocycles. The Balaban J connectivity index is 2.51. The summed E-state index contributed by atoms with van der Waals surface area (Å²) in [6.07, 6.45) is 2.71. The topological polar surface area (TPSA) is 57.3 Å². The van der Waals surface area contributed by atoms with E-state index in [0.29, 0.717) is 12.3 Å². The Kier molecular flexibility index (Phi) is 1.37. The molecule has 0 radical (unpaired) electrons. The van der Waals surface area contributed by atoms with Gasteiger partial charge in [0.15, 0.2) is 0 Å². The normalized spacial score (nSPS) is 17.8. The Morgan fingerprint density at radius 1 is 1.88 bits per heavy atom. The summed E-state index contributed by atoms with van der Waals surface area (Å²) in [7, 11) is 0. The maximum atomic E-state index is 7.96. The fraction of sp³-hybridized carbons (Fsp3) is 0.250. The van der Waals surface area contributed by atoms with Gasteiger partial charge >= 0.3 is 0 Å². The van der Waals surface area contributed by atoms with E-state index in [1.54, 1.807) is 0 Å². The van der Waals surface area contributed by atoms with Crippen LogP contribution in [-0.2, 0) is 0 Å². The molecule has 0 aromatic rings. The second kappa shape index (κ2) is 2.20. The third-order valence-corrected chi connectivity index (χ3v) is 0.765. The van der Waals surface area contributed by atoms with E-state index in [2.05, 4.69) is 15.1 Å². The summed E-state index contributed by atoms with van der Waals surface area (Å²) in [6.45, 7) is 0.532. The lowest BCUT2D eigenvalue weighted by molar-refractivity contribution is 0.322. The van der Waals surface area contributed by atoms with Crippen LogP contribution >= 0.6 is 0 Å². The van der Waals surface area contributed by atoms with Gasteiger partial charge in [0.25, 0.3) is 0 Å². The fourth-order valence-electron chi connectivity index (χ4n) is 0.431. The van der Waals surface area contributed by atoms with Gasteiger partial charge in [0.1, 0.15) is 6.34 Å². The van der Waals surface area contributed by atoms with Crippen LogP contribution in [-0.4, -0.2) is 30.0 Å². The number of oxime groups is 1. The van der Waals surface area contributed by atoms with Crippen LogP contribution in [0.1, 0.15) is 0 Å². The van der Waals surface area contributed by atoms with E-state index in [0.717, 1.165) is 0 Å². The zero-order valence-electron chi connectivity index (χ0n) is 4.15. The quantitative estimate of drug-likeness (QED) is 0.287. The van der Waals surface area contributed by atoms with Crippen LogP contribution in [0.2, 0.25) is 0 Å². The van der Waals surface area contributed by atoms with E-state index in [-0.39, 0.29) is 0 Å². The van der Waals surface area contributed by atoms with Gasteiger partial charge in [-0.05, 0) is 0 Å². The smallest absolute Gasteiger partial charge is 0.110 e. The van der Waals surface area contributed by atoms with E-state index in [1.165, 1.54) is 12.6 Å². The van der Waals surface area contributed by atoms with E-state index in [1.807, 2.05) is 0 Å². The van der Waals surface area contributed by atoms with Crippen molar-refractivity contribution in [1.82, 2.24) is 0 Å². The lowest BCUT2D eigenvalue weighted by Gasteiger charge is -1.79. The number of hydrogen-bond acceptors (Lipinski definition) is 4. The highest BCUT2D eigenvalue weighted by Gasteiger charge is 1.95. The molecule has 0 unspecified atom stereocenters. The predicted octanol–water partition coefficient (Wildman–Crippen LogP) is -0.0707. The molecule has 0 aliphatic carbocycles. The standard InChI is InChI=1S/C4H5N3O/c8-7-2-4-1-5-3-6-4/h2-3,8H,1H2. The van der Waals surface area contributed by atoms with Crippen LogP contribution in [0.5, 0.6) is 0 Å². The Hall–Kier alpha value is -1.19. The van der Waals surface area contributed by atoms with Gasteiger partial charge < -0.3 is 5.21 Å². The van der Waals surface area contributed by atoms with Gasteiger partial charge in [0.2, 0.25) is 0 Å². The number of nitrogens with zero attached hydrogens (tertiary/aromatic N) is 3. The molecular weight excluding hydrogens is 106 g/mol. The average Bonchev–Trinajstić information content (AvgIpc) is 2.19. The van der Waals surface area contributed by atoms with Crippen LogP contribution < -0.4 is 0 Å². The summed E-state index contributed by atoms with van der Waals surface area (Å²) >= 11 is 0. The lowest BCUT2D eigenvalue weighted by Crippen LogP contribution is -1.99. The minimum atomic E-state index is 0.532. The van der Waals surface area contributed by atoms with Crippen LogP contribution in [0.4, 0.5) is 0 Å². The van der Waals surface area contributed by atoms with Gasteiger partial charge in [-0.1, -0.05) is 5.16 Å². The first-order valence-electron chi connectivity index (χ1n) is 2.16. The van der Waals surface area contributed by atoms with Gasteiger partial charge in [-0.3, -0.25) is 4.99 Å². The molecule has 1 aliphatic heterocycles. The van der Waals surface area contributed by atoms with E-state index in [9.17, 15) is 0 Å². The van der Waals surface area contributed by atoms with E-state index < -0.39 is 0 Å². The molecular formula is C4H5N3O. The van der Waals surface area contributed by atoms with Crippen LogP contribution in [0.15, 0.2) is 15.1 Å². The maximum Gasteiger partial charge on any atom is 0.110 e. The molecule has 0 atom stereocenters. The van der Waals surface area contributed by atoms with E-state index in [4.69, 9.17) is 5.21 Å². The second-order valence-electron chi connectivity index (χ2n) is 1.32. The first-order chi connectivity index (χ1) is 3.93. The van der Waals surface area contributed by atoms with Crippen LogP contribution in [0.3, 0.4) is 0 Å². The predicted molar refractivity (Wildman–Crippen MR) is 31.1 cm³/mol. The summed E-state index contributed by atoms with van der Waals surface area (Å²) in [5.74, 6) is 0. The maximum absolute atomic E-state index is 7.96. The molecule has 0 aromatic carbocycles. The Labute approximate surface area is 46.3 Å². The zero-order chi connectivity index (χ0) is 5.82. The summed E-state index contributed by atoms with van der Waals surface area (Å²) < 4.78 is 0. The molecule has 0 fully saturated rings. The van der Waals surface area contributed by atoms with Crippen molar-refractivity contribution in [3.05, 3.63) is 0 Å². The third-order valence-electron chi connectivity index (χ3n) is 0.765. The SMILES string of the molecule is ON=CC1=NC=NC1. The molecule has 4 heteroatoms. The Morgan fingerprint density at radius 3 is 3.25 bits per heavy atom. The van der Waals surface area contributed by atoms with Crippen LogP contribution in [0, 0.1) is 0 Å². The summed E-state index contributed by atoms with van der Waals surface area (Å²) in [6, 6.07) is 0. The van der Waals surface area contributed by atoms with Crippen molar-refractivity contribution >= 4 is 18.3 Å². The van der Waals surface area contributed by atoms with Gasteiger partial charge in [-0.15, -0.1) is 0 Å². The summed E-state index contributed by atoms with van der Waals surface area (Å²) in [5.41, 5.74) is 0.688. The van der Waals surface area contributed by atoms with Crippen molar-refractivity contribution in [2.24, 2.45) is 15.1 Å². The number of aliphatic imine (C=N–C) groups is 2. The molecule has 0 amide bonds. The Bertz CT molecular complexity index is 159. The number of rotatable bonds is 1. The zero-order valence-corrected chi connectivity index (χ0v) is 4.15. The average molecular weight is 111 g/mol. The van der Waals surface area contributed by atoms with Gasteiger partial charge in [0.05, 0.1) is 18.5 Å². The molecule has 1 heterocycles. The van der Waals surface area contributed by atoms with Crippen LogP contribution in [0.25, 0.3) is 0 Å². The van der Waals surface area contributed by atoms with Gasteiger partial charge in [-0.2, -0.15) is 0 Å². The Morgan fingerprint density at radius 2 is 2.75 bits per heavy atom. The summed E-state index contributed by atoms with van der Waals surface area (Å²) in [5, 5.41) is 10.7. The minimum Gasteiger partial charge on any atom is -0.411 e. The van der Waals surface area contributed by atoms with Crippen molar-refractivity contribution in [3.8, 4) is 0 Å². The van der Waals surface area contributed by atoms with E-state index >= 15 is 0 Å². The molecule has 1 rings (SSSR count). The van der Waals surface area contributed by atoms with Gasteiger partial charge in [-0.25, -0.2) is 4.99 Å². The molecule has 1 N–H and O–H groups in total. The first-order valence-corrected chi connectivity index (χ1v) is 2.16. The molecule has 0 aromatic heterocycles. The van der Waals surface area contributed by atoms with Crippen molar-refractivity contribution in [3.63, 3.8) is 0 Å². The van der Waals surface area contributed by atoms with Gasteiger partial charge in [0, 0.05) is 0 Å². The van der Waals surface area contributed by atoms with Crippen molar-refractivity contribution < 1.29 is 5.21 Å². The first kappa shape index (κ1) is 4.96.